The third kappa shape index (κ3) is 4.17. The summed E-state index contributed by atoms with van der Waals surface area (Å²) in [5.74, 6) is -0.431. The summed E-state index contributed by atoms with van der Waals surface area (Å²) in [7, 11) is 1.87. The van der Waals surface area contributed by atoms with E-state index in [1.54, 1.807) is 22.9 Å². The molecular weight excluding hydrogens is 320 g/mol. The molecule has 0 saturated carbocycles. The van der Waals surface area contributed by atoms with Crippen LogP contribution in [0.25, 0.3) is 0 Å². The van der Waals surface area contributed by atoms with Gasteiger partial charge in [0.05, 0.1) is 11.6 Å². The number of nitrogens with zero attached hydrogens (tertiary/aromatic N) is 2. The van der Waals surface area contributed by atoms with E-state index in [1.165, 1.54) is 0 Å². The Morgan fingerprint density at radius 2 is 2.00 bits per heavy atom. The van der Waals surface area contributed by atoms with Gasteiger partial charge < -0.3 is 15.8 Å². The van der Waals surface area contributed by atoms with Crippen molar-refractivity contribution >= 4 is 17.5 Å². The van der Waals surface area contributed by atoms with Gasteiger partial charge in [0, 0.05) is 24.0 Å². The number of rotatable bonds is 6. The fourth-order valence-electron chi connectivity index (χ4n) is 2.81. The van der Waals surface area contributed by atoms with Crippen molar-refractivity contribution in [3.8, 4) is 5.75 Å². The van der Waals surface area contributed by atoms with Crippen molar-refractivity contribution in [3.05, 3.63) is 40.7 Å². The van der Waals surface area contributed by atoms with Gasteiger partial charge in [-0.25, -0.2) is 0 Å². The van der Waals surface area contributed by atoms with Gasteiger partial charge in [0.15, 0.2) is 6.61 Å². The first kappa shape index (κ1) is 18.5. The van der Waals surface area contributed by atoms with Gasteiger partial charge in [-0.05, 0) is 51.5 Å². The maximum Gasteiger partial charge on any atom is 0.255 e. The summed E-state index contributed by atoms with van der Waals surface area (Å²) in [4.78, 5) is 23.4. The number of aryl methyl sites for hydroxylation is 3. The standard InChI is InChI=1S/C18H24N4O3/c1-10-8-14(25-9-16(19)23)6-7-15(10)20-18(24)11(2)17-12(3)21-22(5)13(17)4/h6-8,11H,9H2,1-5H3,(H2,19,23)(H,20,24)/t11-/m1/s1. The highest BCUT2D eigenvalue weighted by molar-refractivity contribution is 5.96. The number of carbonyl (C=O) groups excluding carboxylic acids is 2. The molecule has 7 heteroatoms. The van der Waals surface area contributed by atoms with E-state index in [0.717, 1.165) is 22.5 Å². The van der Waals surface area contributed by atoms with Gasteiger partial charge in [-0.15, -0.1) is 0 Å². The Labute approximate surface area is 147 Å². The van der Waals surface area contributed by atoms with Crippen molar-refractivity contribution < 1.29 is 14.3 Å². The predicted molar refractivity (Wildman–Crippen MR) is 95.6 cm³/mol. The number of hydrogen-bond acceptors (Lipinski definition) is 4. The lowest BCUT2D eigenvalue weighted by Gasteiger charge is -2.15. The van der Waals surface area contributed by atoms with Crippen molar-refractivity contribution in [3.63, 3.8) is 0 Å². The Balaban J connectivity index is 2.13. The number of ether oxygens (including phenoxy) is 1. The van der Waals surface area contributed by atoms with Crippen LogP contribution in [0.15, 0.2) is 18.2 Å². The van der Waals surface area contributed by atoms with Gasteiger partial charge in [0.1, 0.15) is 5.75 Å². The Hall–Kier alpha value is -2.83. The van der Waals surface area contributed by atoms with Gasteiger partial charge in [-0.2, -0.15) is 5.10 Å². The minimum absolute atomic E-state index is 0.104. The van der Waals surface area contributed by atoms with Crippen molar-refractivity contribution in [2.24, 2.45) is 12.8 Å². The van der Waals surface area contributed by atoms with Gasteiger partial charge in [-0.1, -0.05) is 0 Å². The van der Waals surface area contributed by atoms with Crippen LogP contribution < -0.4 is 15.8 Å². The third-order valence-electron chi connectivity index (χ3n) is 4.23. The van der Waals surface area contributed by atoms with Crippen molar-refractivity contribution in [1.29, 1.82) is 0 Å². The average Bonchev–Trinajstić information content (AvgIpc) is 2.79. The van der Waals surface area contributed by atoms with Gasteiger partial charge >= 0.3 is 0 Å². The van der Waals surface area contributed by atoms with E-state index in [-0.39, 0.29) is 18.4 Å². The summed E-state index contributed by atoms with van der Waals surface area (Å²) < 4.78 is 7.04. The molecule has 0 aliphatic carbocycles. The largest absolute Gasteiger partial charge is 0.484 e. The molecule has 1 aromatic heterocycles. The number of amides is 2. The van der Waals surface area contributed by atoms with Crippen LogP contribution in [0.3, 0.4) is 0 Å². The van der Waals surface area contributed by atoms with Crippen LogP contribution >= 0.6 is 0 Å². The highest BCUT2D eigenvalue weighted by atomic mass is 16.5. The molecule has 1 atom stereocenters. The maximum absolute atomic E-state index is 12.6. The fraction of sp³-hybridized carbons (Fsp3) is 0.389. The normalized spacial score (nSPS) is 11.9. The molecule has 1 aromatic carbocycles. The first-order valence-electron chi connectivity index (χ1n) is 8.03. The zero-order valence-electron chi connectivity index (χ0n) is 15.2. The first-order chi connectivity index (χ1) is 11.7. The zero-order chi connectivity index (χ0) is 18.7. The van der Waals surface area contributed by atoms with Gasteiger partial charge in [0.2, 0.25) is 5.91 Å². The molecule has 0 saturated heterocycles. The minimum atomic E-state index is -0.536. The summed E-state index contributed by atoms with van der Waals surface area (Å²) in [6.07, 6.45) is 0. The number of aromatic nitrogens is 2. The highest BCUT2D eigenvalue weighted by Crippen LogP contribution is 2.26. The molecule has 7 nitrogen and oxygen atoms in total. The Morgan fingerprint density at radius 3 is 2.52 bits per heavy atom. The Bertz CT molecular complexity index is 811. The SMILES string of the molecule is Cc1cc(OCC(N)=O)ccc1NC(=O)[C@H](C)c1c(C)nn(C)c1C. The molecule has 0 aliphatic rings. The molecule has 0 radical (unpaired) electrons. The lowest BCUT2D eigenvalue weighted by molar-refractivity contribution is -0.120. The lowest BCUT2D eigenvalue weighted by atomic mass is 9.98. The zero-order valence-corrected chi connectivity index (χ0v) is 15.2. The predicted octanol–water partition coefficient (Wildman–Crippen LogP) is 1.95. The molecule has 0 unspecified atom stereocenters. The maximum atomic E-state index is 12.6. The smallest absolute Gasteiger partial charge is 0.255 e. The van der Waals surface area contributed by atoms with Crippen LogP contribution in [0.2, 0.25) is 0 Å². The topological polar surface area (TPSA) is 99.2 Å². The van der Waals surface area contributed by atoms with Crippen LogP contribution in [0.4, 0.5) is 5.69 Å². The molecule has 0 spiro atoms. The van der Waals surface area contributed by atoms with Crippen LogP contribution in [0.1, 0.15) is 35.4 Å². The Morgan fingerprint density at radius 1 is 1.32 bits per heavy atom. The quantitative estimate of drug-likeness (QED) is 0.836. The summed E-state index contributed by atoms with van der Waals surface area (Å²) in [6.45, 7) is 7.41. The van der Waals surface area contributed by atoms with Crippen molar-refractivity contribution in [2.75, 3.05) is 11.9 Å². The first-order valence-corrected chi connectivity index (χ1v) is 8.03. The fourth-order valence-corrected chi connectivity index (χ4v) is 2.81. The van der Waals surface area contributed by atoms with Gasteiger partial charge in [0.25, 0.3) is 5.91 Å². The van der Waals surface area contributed by atoms with E-state index >= 15 is 0 Å². The number of nitrogens with two attached hydrogens (primary N) is 1. The summed E-state index contributed by atoms with van der Waals surface area (Å²) in [5.41, 5.74) is 9.37. The van der Waals surface area contributed by atoms with E-state index in [2.05, 4.69) is 10.4 Å². The number of primary amides is 1. The van der Waals surface area contributed by atoms with E-state index in [1.807, 2.05) is 34.7 Å². The van der Waals surface area contributed by atoms with E-state index in [9.17, 15) is 9.59 Å². The molecule has 0 bridgehead atoms. The number of anilines is 1. The van der Waals surface area contributed by atoms with Crippen LogP contribution in [-0.4, -0.2) is 28.2 Å². The molecule has 25 heavy (non-hydrogen) atoms. The second-order valence-corrected chi connectivity index (χ2v) is 6.15. The number of carbonyl (C=O) groups is 2. The minimum Gasteiger partial charge on any atom is -0.484 e. The van der Waals surface area contributed by atoms with E-state index in [0.29, 0.717) is 11.4 Å². The third-order valence-corrected chi connectivity index (χ3v) is 4.23. The Kier molecular flexibility index (Phi) is 5.46. The second-order valence-electron chi connectivity index (χ2n) is 6.15. The summed E-state index contributed by atoms with van der Waals surface area (Å²) >= 11 is 0. The summed E-state index contributed by atoms with van der Waals surface area (Å²) in [5, 5.41) is 7.31. The van der Waals surface area contributed by atoms with Crippen LogP contribution in [0.5, 0.6) is 5.75 Å². The molecular formula is C18H24N4O3. The van der Waals surface area contributed by atoms with Gasteiger partial charge in [-0.3, -0.25) is 14.3 Å². The second kappa shape index (κ2) is 7.38. The summed E-state index contributed by atoms with van der Waals surface area (Å²) in [6, 6.07) is 5.19. The molecule has 3 N–H and O–H groups in total. The molecule has 2 amide bonds. The molecule has 2 aromatic rings. The van der Waals surface area contributed by atoms with Crippen LogP contribution in [0, 0.1) is 20.8 Å². The molecule has 0 aliphatic heterocycles. The van der Waals surface area contributed by atoms with E-state index < -0.39 is 5.91 Å². The lowest BCUT2D eigenvalue weighted by Crippen LogP contribution is -2.21. The molecule has 0 fully saturated rings. The highest BCUT2D eigenvalue weighted by Gasteiger charge is 2.23. The number of nitrogens with one attached hydrogen (secondary N) is 1. The molecule has 1 heterocycles. The van der Waals surface area contributed by atoms with E-state index in [4.69, 9.17) is 10.5 Å². The number of hydrogen-bond donors (Lipinski definition) is 2. The van der Waals surface area contributed by atoms with Crippen molar-refractivity contribution in [2.45, 2.75) is 33.6 Å². The number of benzene rings is 1. The molecule has 134 valence electrons. The van der Waals surface area contributed by atoms with Crippen LogP contribution in [-0.2, 0) is 16.6 Å². The van der Waals surface area contributed by atoms with Crippen molar-refractivity contribution in [1.82, 2.24) is 9.78 Å². The monoisotopic (exact) mass is 344 g/mol. The average molecular weight is 344 g/mol. The molecule has 2 rings (SSSR count).